The number of benzene rings is 2. The summed E-state index contributed by atoms with van der Waals surface area (Å²) in [5, 5.41) is 0. The van der Waals surface area contributed by atoms with E-state index >= 15 is 0 Å². The molecule has 1 aliphatic heterocycles. The minimum absolute atomic E-state index is 0.125. The number of ketones is 1. The number of nitrogens with zero attached hydrogens (tertiary/aromatic N) is 1. The Balaban J connectivity index is 1.76. The average Bonchev–Trinajstić information content (AvgIpc) is 2.55. The van der Waals surface area contributed by atoms with Crippen molar-refractivity contribution in [2.75, 3.05) is 13.1 Å². The maximum atomic E-state index is 13.3. The number of carbonyl (C=O) groups excluding carboxylic acids is 1. The van der Waals surface area contributed by atoms with Crippen LogP contribution in [0.3, 0.4) is 0 Å². The summed E-state index contributed by atoms with van der Waals surface area (Å²) in [4.78, 5) is 14.9. The van der Waals surface area contributed by atoms with Crippen LogP contribution in [0.25, 0.3) is 0 Å². The van der Waals surface area contributed by atoms with Crippen molar-refractivity contribution in [3.8, 4) is 0 Å². The van der Waals surface area contributed by atoms with E-state index in [1.165, 1.54) is 31.4 Å². The topological polar surface area (TPSA) is 20.3 Å². The Hall–Kier alpha value is -2.00. The Morgan fingerprint density at radius 1 is 0.955 bits per heavy atom. The monoisotopic (exact) mass is 297 g/mol. The Morgan fingerprint density at radius 3 is 2.36 bits per heavy atom. The van der Waals surface area contributed by atoms with E-state index in [1.54, 1.807) is 18.2 Å². The van der Waals surface area contributed by atoms with Crippen molar-refractivity contribution in [1.29, 1.82) is 0 Å². The van der Waals surface area contributed by atoms with Crippen LogP contribution in [-0.4, -0.2) is 23.8 Å². The van der Waals surface area contributed by atoms with Gasteiger partial charge >= 0.3 is 0 Å². The van der Waals surface area contributed by atoms with Crippen LogP contribution in [-0.2, 0) is 6.54 Å². The van der Waals surface area contributed by atoms with Crippen LogP contribution >= 0.6 is 0 Å². The summed E-state index contributed by atoms with van der Waals surface area (Å²) in [7, 11) is 0. The van der Waals surface area contributed by atoms with Gasteiger partial charge in [-0.25, -0.2) is 4.39 Å². The first kappa shape index (κ1) is 14.9. The zero-order valence-corrected chi connectivity index (χ0v) is 12.6. The first-order valence-corrected chi connectivity index (χ1v) is 7.84. The van der Waals surface area contributed by atoms with E-state index in [4.69, 9.17) is 0 Å². The minimum atomic E-state index is -0.379. The molecule has 0 atom stereocenters. The number of piperidine rings is 1. The molecule has 1 aliphatic rings. The van der Waals surface area contributed by atoms with E-state index in [-0.39, 0.29) is 11.6 Å². The van der Waals surface area contributed by atoms with E-state index in [1.807, 2.05) is 12.1 Å². The van der Waals surface area contributed by atoms with Crippen molar-refractivity contribution in [2.45, 2.75) is 25.8 Å². The lowest BCUT2D eigenvalue weighted by molar-refractivity contribution is 0.103. The van der Waals surface area contributed by atoms with Gasteiger partial charge in [-0.15, -0.1) is 0 Å². The quantitative estimate of drug-likeness (QED) is 0.794. The van der Waals surface area contributed by atoms with Gasteiger partial charge in [-0.3, -0.25) is 9.69 Å². The van der Waals surface area contributed by atoms with Crippen molar-refractivity contribution in [3.05, 3.63) is 71.0 Å². The molecule has 3 heteroatoms. The molecule has 2 aromatic rings. The molecule has 0 bridgehead atoms. The largest absolute Gasteiger partial charge is 0.299 e. The van der Waals surface area contributed by atoms with E-state index < -0.39 is 0 Å². The zero-order valence-electron chi connectivity index (χ0n) is 12.6. The molecule has 1 saturated heterocycles. The molecule has 0 amide bonds. The second kappa shape index (κ2) is 6.84. The zero-order chi connectivity index (χ0) is 15.4. The summed E-state index contributed by atoms with van der Waals surface area (Å²) in [6.45, 7) is 3.13. The van der Waals surface area contributed by atoms with Crippen molar-refractivity contribution >= 4 is 5.78 Å². The highest BCUT2D eigenvalue weighted by Crippen LogP contribution is 2.16. The first-order chi connectivity index (χ1) is 10.7. The number of hydrogen-bond donors (Lipinski definition) is 0. The van der Waals surface area contributed by atoms with Crippen molar-refractivity contribution in [1.82, 2.24) is 4.90 Å². The van der Waals surface area contributed by atoms with E-state index in [0.29, 0.717) is 11.1 Å². The third-order valence-electron chi connectivity index (χ3n) is 4.13. The van der Waals surface area contributed by atoms with Crippen LogP contribution in [0.4, 0.5) is 4.39 Å². The predicted molar refractivity (Wildman–Crippen MR) is 85.4 cm³/mol. The molecule has 0 radical (unpaired) electrons. The molecule has 3 rings (SSSR count). The minimum Gasteiger partial charge on any atom is -0.299 e. The normalized spacial score (nSPS) is 15.7. The summed E-state index contributed by atoms with van der Waals surface area (Å²) < 4.78 is 13.3. The van der Waals surface area contributed by atoms with Crippen molar-refractivity contribution in [3.63, 3.8) is 0 Å². The van der Waals surface area contributed by atoms with E-state index in [2.05, 4.69) is 11.0 Å². The molecule has 2 nitrogen and oxygen atoms in total. The van der Waals surface area contributed by atoms with Gasteiger partial charge in [0.15, 0.2) is 5.78 Å². The Labute approximate surface area is 130 Å². The maximum absolute atomic E-state index is 13.3. The average molecular weight is 297 g/mol. The number of likely N-dealkylation sites (tertiary alicyclic amines) is 1. The maximum Gasteiger partial charge on any atom is 0.193 e. The second-order valence-corrected chi connectivity index (χ2v) is 5.88. The van der Waals surface area contributed by atoms with Gasteiger partial charge in [0.1, 0.15) is 5.82 Å². The van der Waals surface area contributed by atoms with Gasteiger partial charge < -0.3 is 0 Å². The number of carbonyl (C=O) groups is 1. The highest BCUT2D eigenvalue weighted by molar-refractivity contribution is 6.09. The lowest BCUT2D eigenvalue weighted by Crippen LogP contribution is -2.29. The van der Waals surface area contributed by atoms with Gasteiger partial charge in [0.25, 0.3) is 0 Å². The molecular weight excluding hydrogens is 277 g/mol. The molecule has 0 unspecified atom stereocenters. The third-order valence-corrected chi connectivity index (χ3v) is 4.13. The van der Waals surface area contributed by atoms with Crippen molar-refractivity contribution < 1.29 is 9.18 Å². The van der Waals surface area contributed by atoms with Crippen LogP contribution in [0.15, 0.2) is 48.5 Å². The van der Waals surface area contributed by atoms with Gasteiger partial charge in [0.05, 0.1) is 0 Å². The van der Waals surface area contributed by atoms with Gasteiger partial charge in [-0.2, -0.15) is 0 Å². The summed E-state index contributed by atoms with van der Waals surface area (Å²) >= 11 is 0. The predicted octanol–water partition coefficient (Wildman–Crippen LogP) is 4.04. The van der Waals surface area contributed by atoms with E-state index in [0.717, 1.165) is 25.2 Å². The van der Waals surface area contributed by atoms with Crippen LogP contribution in [0.2, 0.25) is 0 Å². The number of rotatable bonds is 4. The molecule has 114 valence electrons. The van der Waals surface area contributed by atoms with Gasteiger partial charge in [0.2, 0.25) is 0 Å². The molecular formula is C19H20FNO. The molecule has 2 aromatic carbocycles. The number of hydrogen-bond acceptors (Lipinski definition) is 2. The first-order valence-electron chi connectivity index (χ1n) is 7.84. The fourth-order valence-electron chi connectivity index (χ4n) is 2.98. The second-order valence-electron chi connectivity index (χ2n) is 5.88. The number of halogens is 1. The Morgan fingerprint density at radius 2 is 1.64 bits per heavy atom. The van der Waals surface area contributed by atoms with Crippen LogP contribution in [0.1, 0.15) is 40.7 Å². The summed E-state index contributed by atoms with van der Waals surface area (Å²) in [5.41, 5.74) is 2.17. The summed E-state index contributed by atoms with van der Waals surface area (Å²) in [5.74, 6) is -0.504. The lowest BCUT2D eigenvalue weighted by atomic mass is 10.0. The van der Waals surface area contributed by atoms with Gasteiger partial charge in [-0.05, 0) is 49.7 Å². The molecule has 1 fully saturated rings. The summed E-state index contributed by atoms with van der Waals surface area (Å²) in [6.07, 6.45) is 3.82. The molecule has 22 heavy (non-hydrogen) atoms. The van der Waals surface area contributed by atoms with E-state index in [9.17, 15) is 9.18 Å². The van der Waals surface area contributed by atoms with Gasteiger partial charge in [0, 0.05) is 17.7 Å². The Bertz CT molecular complexity index is 662. The highest BCUT2D eigenvalue weighted by atomic mass is 19.1. The molecule has 1 heterocycles. The smallest absolute Gasteiger partial charge is 0.193 e. The highest BCUT2D eigenvalue weighted by Gasteiger charge is 2.13. The molecule has 0 N–H and O–H groups in total. The van der Waals surface area contributed by atoms with Gasteiger partial charge in [-0.1, -0.05) is 36.8 Å². The standard InChI is InChI=1S/C19H20FNO/c20-18-9-5-8-17(13-18)19(22)16-7-4-6-15(12-16)14-21-10-2-1-3-11-21/h4-9,12-13H,1-3,10-11,14H2. The molecule has 0 saturated carbocycles. The van der Waals surface area contributed by atoms with Crippen LogP contribution in [0, 0.1) is 5.82 Å². The molecule has 0 spiro atoms. The van der Waals surface area contributed by atoms with Crippen LogP contribution in [0.5, 0.6) is 0 Å². The Kier molecular flexibility index (Phi) is 4.64. The van der Waals surface area contributed by atoms with Crippen molar-refractivity contribution in [2.24, 2.45) is 0 Å². The van der Waals surface area contributed by atoms with Crippen LogP contribution < -0.4 is 0 Å². The molecule has 0 aromatic heterocycles. The SMILES string of the molecule is O=C(c1cccc(F)c1)c1cccc(CN2CCCCC2)c1. The summed E-state index contributed by atoms with van der Waals surface area (Å²) in [6, 6.07) is 13.6. The third kappa shape index (κ3) is 3.60. The lowest BCUT2D eigenvalue weighted by Gasteiger charge is -2.26. The fourth-order valence-corrected chi connectivity index (χ4v) is 2.98. The fraction of sp³-hybridized carbons (Fsp3) is 0.316. The molecule has 0 aliphatic carbocycles.